The molecule has 1 saturated heterocycles. The molecule has 7 heteroatoms. The minimum absolute atomic E-state index is 0.103. The molecule has 0 N–H and O–H groups in total. The van der Waals surface area contributed by atoms with Crippen molar-refractivity contribution in [2.75, 3.05) is 13.1 Å². The van der Waals surface area contributed by atoms with Gasteiger partial charge in [-0.3, -0.25) is 4.79 Å². The van der Waals surface area contributed by atoms with Crippen LogP contribution in [0.2, 0.25) is 0 Å². The lowest BCUT2D eigenvalue weighted by atomic mass is 9.95. The third kappa shape index (κ3) is 2.95. The van der Waals surface area contributed by atoms with Crippen molar-refractivity contribution in [1.82, 2.24) is 29.2 Å². The van der Waals surface area contributed by atoms with E-state index in [0.29, 0.717) is 18.4 Å². The first-order valence-corrected chi connectivity index (χ1v) is 10.4. The van der Waals surface area contributed by atoms with Crippen LogP contribution >= 0.6 is 0 Å². The van der Waals surface area contributed by atoms with Crippen LogP contribution in [0.15, 0.2) is 18.7 Å². The van der Waals surface area contributed by atoms with Crippen molar-refractivity contribution in [3.63, 3.8) is 0 Å². The number of rotatable bonds is 5. The van der Waals surface area contributed by atoms with E-state index in [1.807, 2.05) is 10.8 Å². The summed E-state index contributed by atoms with van der Waals surface area (Å²) in [6.07, 6.45) is 7.45. The summed E-state index contributed by atoms with van der Waals surface area (Å²) in [6.45, 7) is 14.2. The van der Waals surface area contributed by atoms with Gasteiger partial charge in [-0.25, -0.2) is 4.98 Å². The molecule has 7 nitrogen and oxygen atoms in total. The number of likely N-dealkylation sites (tertiary alicyclic amines) is 1. The zero-order valence-corrected chi connectivity index (χ0v) is 17.7. The number of nitrogens with zero attached hydrogens (tertiary/aromatic N) is 6. The van der Waals surface area contributed by atoms with Crippen LogP contribution in [0.3, 0.4) is 0 Å². The maximum Gasteiger partial charge on any atom is 0.226 e. The summed E-state index contributed by atoms with van der Waals surface area (Å²) in [7, 11) is 0. The Morgan fingerprint density at radius 3 is 2.36 bits per heavy atom. The normalized spacial score (nSPS) is 21.8. The molecule has 0 spiro atoms. The lowest BCUT2D eigenvalue weighted by molar-refractivity contribution is -0.135. The molecule has 1 saturated carbocycles. The Kier molecular flexibility index (Phi) is 4.59. The monoisotopic (exact) mass is 384 g/mol. The third-order valence-electron chi connectivity index (χ3n) is 7.49. The van der Waals surface area contributed by atoms with Gasteiger partial charge >= 0.3 is 0 Å². The van der Waals surface area contributed by atoms with Crippen LogP contribution in [0.4, 0.5) is 0 Å². The zero-order valence-electron chi connectivity index (χ0n) is 17.7. The van der Waals surface area contributed by atoms with E-state index >= 15 is 0 Å². The van der Waals surface area contributed by atoms with Crippen molar-refractivity contribution in [2.24, 2.45) is 16.7 Å². The van der Waals surface area contributed by atoms with Gasteiger partial charge in [0.1, 0.15) is 5.82 Å². The Bertz CT molecular complexity index is 828. The number of imidazole rings is 1. The molecule has 1 amide bonds. The maximum atomic E-state index is 13.0. The van der Waals surface area contributed by atoms with Crippen LogP contribution in [-0.2, 0) is 17.9 Å². The van der Waals surface area contributed by atoms with Crippen molar-refractivity contribution in [2.45, 2.75) is 66.5 Å². The van der Waals surface area contributed by atoms with Crippen LogP contribution < -0.4 is 0 Å². The summed E-state index contributed by atoms with van der Waals surface area (Å²) in [5.74, 6) is 2.89. The Labute approximate surface area is 167 Å². The molecular formula is C21H32N6O. The van der Waals surface area contributed by atoms with Gasteiger partial charge in [0.25, 0.3) is 0 Å². The van der Waals surface area contributed by atoms with Gasteiger partial charge in [0.2, 0.25) is 5.91 Å². The highest BCUT2D eigenvalue weighted by Crippen LogP contribution is 2.68. The second-order valence-corrected chi connectivity index (χ2v) is 9.43. The van der Waals surface area contributed by atoms with E-state index in [0.717, 1.165) is 44.1 Å². The molecule has 152 valence electrons. The minimum atomic E-state index is 0.103. The Morgan fingerprint density at radius 2 is 1.82 bits per heavy atom. The molecule has 0 bridgehead atoms. The largest absolute Gasteiger partial charge is 0.342 e. The molecule has 1 aliphatic carbocycles. The van der Waals surface area contributed by atoms with E-state index in [1.165, 1.54) is 0 Å². The Balaban J connectivity index is 1.42. The zero-order chi connectivity index (χ0) is 20.1. The first kappa shape index (κ1) is 19.2. The molecule has 2 fully saturated rings. The van der Waals surface area contributed by atoms with Gasteiger partial charge in [-0.1, -0.05) is 27.7 Å². The van der Waals surface area contributed by atoms with Crippen LogP contribution in [0.25, 0.3) is 0 Å². The molecule has 3 heterocycles. The first-order chi connectivity index (χ1) is 13.3. The quantitative estimate of drug-likeness (QED) is 0.795. The summed E-state index contributed by atoms with van der Waals surface area (Å²) in [4.78, 5) is 19.2. The summed E-state index contributed by atoms with van der Waals surface area (Å²) in [6, 6.07) is 0. The SMILES string of the molecule is CCn1c(Cn2ccnc2)nnc1C1CCN(C(=O)C2C(C)(C)C2(C)C)CC1. The van der Waals surface area contributed by atoms with E-state index in [4.69, 9.17) is 0 Å². The van der Waals surface area contributed by atoms with Gasteiger partial charge in [-0.2, -0.15) is 0 Å². The van der Waals surface area contributed by atoms with Crippen molar-refractivity contribution in [3.8, 4) is 0 Å². The molecule has 1 aliphatic heterocycles. The fraction of sp³-hybridized carbons (Fsp3) is 0.714. The molecule has 28 heavy (non-hydrogen) atoms. The highest BCUT2D eigenvalue weighted by Gasteiger charge is 2.68. The van der Waals surface area contributed by atoms with Crippen LogP contribution in [0.1, 0.15) is 65.0 Å². The van der Waals surface area contributed by atoms with Crippen LogP contribution in [-0.4, -0.2) is 48.2 Å². The van der Waals surface area contributed by atoms with Gasteiger partial charge in [-0.15, -0.1) is 10.2 Å². The Morgan fingerprint density at radius 1 is 1.14 bits per heavy atom. The molecule has 2 aromatic heterocycles. The molecular weight excluding hydrogens is 352 g/mol. The lowest BCUT2D eigenvalue weighted by Crippen LogP contribution is -2.40. The fourth-order valence-corrected chi connectivity index (χ4v) is 5.01. The van der Waals surface area contributed by atoms with Gasteiger partial charge in [0.05, 0.1) is 12.9 Å². The number of hydrogen-bond donors (Lipinski definition) is 0. The van der Waals surface area contributed by atoms with Crippen molar-refractivity contribution >= 4 is 5.91 Å². The van der Waals surface area contributed by atoms with Crippen LogP contribution in [0.5, 0.6) is 0 Å². The van der Waals surface area contributed by atoms with E-state index in [9.17, 15) is 4.79 Å². The molecule has 0 unspecified atom stereocenters. The number of amides is 1. The minimum Gasteiger partial charge on any atom is -0.342 e. The van der Waals surface area contributed by atoms with Gasteiger partial charge in [0, 0.05) is 43.9 Å². The second-order valence-electron chi connectivity index (χ2n) is 9.43. The predicted octanol–water partition coefficient (Wildman–Crippen LogP) is 2.93. The highest BCUT2D eigenvalue weighted by atomic mass is 16.2. The molecule has 0 atom stereocenters. The Hall–Kier alpha value is -2.18. The van der Waals surface area contributed by atoms with Crippen LogP contribution in [0, 0.1) is 16.7 Å². The average Bonchev–Trinajstić information content (AvgIpc) is 3.15. The lowest BCUT2D eigenvalue weighted by Gasteiger charge is -2.32. The van der Waals surface area contributed by atoms with Crippen molar-refractivity contribution < 1.29 is 4.79 Å². The molecule has 2 aromatic rings. The van der Waals surface area contributed by atoms with Crippen molar-refractivity contribution in [3.05, 3.63) is 30.4 Å². The fourth-order valence-electron chi connectivity index (χ4n) is 5.01. The molecule has 2 aliphatic rings. The first-order valence-electron chi connectivity index (χ1n) is 10.4. The van der Waals surface area contributed by atoms with E-state index in [-0.39, 0.29) is 16.7 Å². The van der Waals surface area contributed by atoms with Crippen molar-refractivity contribution in [1.29, 1.82) is 0 Å². The smallest absolute Gasteiger partial charge is 0.226 e. The maximum absolute atomic E-state index is 13.0. The summed E-state index contributed by atoms with van der Waals surface area (Å²) >= 11 is 0. The van der Waals surface area contributed by atoms with Gasteiger partial charge < -0.3 is 14.0 Å². The topological polar surface area (TPSA) is 68.8 Å². The van der Waals surface area contributed by atoms with Gasteiger partial charge in [0.15, 0.2) is 5.82 Å². The van der Waals surface area contributed by atoms with E-state index < -0.39 is 0 Å². The summed E-state index contributed by atoms with van der Waals surface area (Å²) in [5.41, 5.74) is 0.205. The number of carbonyl (C=O) groups is 1. The average molecular weight is 385 g/mol. The standard InChI is InChI=1S/C21H32N6O/c1-6-27-16(13-25-12-9-22-14-25)23-24-18(27)15-7-10-26(11-8-15)19(28)17-20(2,3)21(17,4)5/h9,12,14-15,17H,6-8,10-11,13H2,1-5H3. The number of aromatic nitrogens is 5. The number of hydrogen-bond acceptors (Lipinski definition) is 4. The van der Waals surface area contributed by atoms with Gasteiger partial charge in [-0.05, 0) is 30.6 Å². The summed E-state index contributed by atoms with van der Waals surface area (Å²) < 4.78 is 4.25. The third-order valence-corrected chi connectivity index (χ3v) is 7.49. The van der Waals surface area contributed by atoms with E-state index in [1.54, 1.807) is 12.5 Å². The molecule has 0 aromatic carbocycles. The van der Waals surface area contributed by atoms with E-state index in [2.05, 4.69) is 59.3 Å². The number of piperidine rings is 1. The predicted molar refractivity (Wildman–Crippen MR) is 107 cm³/mol. The molecule has 4 rings (SSSR count). The highest BCUT2D eigenvalue weighted by molar-refractivity contribution is 5.84. The molecule has 0 radical (unpaired) electrons. The summed E-state index contributed by atoms with van der Waals surface area (Å²) in [5, 5.41) is 8.98. The second kappa shape index (κ2) is 6.71. The number of carbonyl (C=O) groups excluding carboxylic acids is 1.